The zero-order chi connectivity index (χ0) is 28.0. The van der Waals surface area contributed by atoms with E-state index < -0.39 is 22.0 Å². The number of nitrogens with one attached hydrogen (secondary N) is 2. The minimum Gasteiger partial charge on any atom is -0.476 e. The fraction of sp³-hybridized carbons (Fsp3) is 0.161. The molecule has 0 unspecified atom stereocenters. The number of ether oxygens (including phenoxy) is 1. The summed E-state index contributed by atoms with van der Waals surface area (Å²) in [5, 5.41) is 5.67. The van der Waals surface area contributed by atoms with Gasteiger partial charge in [0.1, 0.15) is 5.75 Å². The summed E-state index contributed by atoms with van der Waals surface area (Å²) in [6.45, 7) is 0.228. The maximum Gasteiger partial charge on any atom is 0.267 e. The number of anilines is 2. The molecule has 0 radical (unpaired) electrons. The van der Waals surface area contributed by atoms with Crippen molar-refractivity contribution in [3.63, 3.8) is 0 Å². The molecule has 4 aromatic rings. The van der Waals surface area contributed by atoms with Crippen molar-refractivity contribution in [3.05, 3.63) is 126 Å². The largest absolute Gasteiger partial charge is 0.476 e. The van der Waals surface area contributed by atoms with Gasteiger partial charge in [0.25, 0.3) is 11.8 Å². The molecule has 9 heteroatoms. The normalized spacial score (nSPS) is 14.5. The van der Waals surface area contributed by atoms with Crippen LogP contribution in [0.1, 0.15) is 21.5 Å². The SMILES string of the molecule is O=C(NCCc1ccccc1)c1ccccc1NC(=O)[C@H]1CN(S(=O)(=O)Cc2ccccc2)c2ccccc2O1. The summed E-state index contributed by atoms with van der Waals surface area (Å²) >= 11 is 0. The first-order chi connectivity index (χ1) is 19.4. The Morgan fingerprint density at radius 1 is 0.800 bits per heavy atom. The Balaban J connectivity index is 1.31. The molecule has 0 bridgehead atoms. The summed E-state index contributed by atoms with van der Waals surface area (Å²) in [6, 6.07) is 32.1. The molecule has 204 valence electrons. The van der Waals surface area contributed by atoms with Gasteiger partial charge < -0.3 is 15.4 Å². The smallest absolute Gasteiger partial charge is 0.267 e. The molecule has 0 aliphatic carbocycles. The summed E-state index contributed by atoms with van der Waals surface area (Å²) in [5.74, 6) is -0.812. The number of carbonyl (C=O) groups is 2. The molecule has 0 saturated carbocycles. The second-order valence-corrected chi connectivity index (χ2v) is 11.3. The van der Waals surface area contributed by atoms with E-state index in [-0.39, 0.29) is 24.0 Å². The van der Waals surface area contributed by atoms with Crippen LogP contribution < -0.4 is 19.7 Å². The highest BCUT2D eigenvalue weighted by Crippen LogP contribution is 2.36. The van der Waals surface area contributed by atoms with Crippen LogP contribution in [0.5, 0.6) is 5.75 Å². The average Bonchev–Trinajstić information content (AvgIpc) is 2.97. The number of para-hydroxylation sites is 3. The maximum atomic E-state index is 13.5. The Hall–Kier alpha value is -4.63. The van der Waals surface area contributed by atoms with Crippen molar-refractivity contribution >= 4 is 33.2 Å². The van der Waals surface area contributed by atoms with E-state index in [0.29, 0.717) is 35.5 Å². The molecule has 1 aliphatic rings. The van der Waals surface area contributed by atoms with Gasteiger partial charge in [-0.1, -0.05) is 84.9 Å². The van der Waals surface area contributed by atoms with E-state index in [2.05, 4.69) is 10.6 Å². The third-order valence-corrected chi connectivity index (χ3v) is 8.24. The monoisotopic (exact) mass is 555 g/mol. The van der Waals surface area contributed by atoms with Gasteiger partial charge >= 0.3 is 0 Å². The van der Waals surface area contributed by atoms with Crippen molar-refractivity contribution in [2.45, 2.75) is 18.3 Å². The van der Waals surface area contributed by atoms with Gasteiger partial charge in [0.05, 0.1) is 29.2 Å². The van der Waals surface area contributed by atoms with Crippen molar-refractivity contribution in [1.29, 1.82) is 0 Å². The lowest BCUT2D eigenvalue weighted by Crippen LogP contribution is -2.49. The lowest BCUT2D eigenvalue weighted by atomic mass is 10.1. The molecule has 1 atom stereocenters. The van der Waals surface area contributed by atoms with Crippen LogP contribution in [-0.2, 0) is 27.0 Å². The first-order valence-electron chi connectivity index (χ1n) is 12.9. The third-order valence-electron chi connectivity index (χ3n) is 6.53. The number of benzene rings is 4. The minimum absolute atomic E-state index is 0.205. The molecular weight excluding hydrogens is 526 g/mol. The Bertz CT molecular complexity index is 1590. The quantitative estimate of drug-likeness (QED) is 0.319. The van der Waals surface area contributed by atoms with Crippen LogP contribution >= 0.6 is 0 Å². The van der Waals surface area contributed by atoms with Crippen LogP contribution in [0, 0.1) is 0 Å². The summed E-state index contributed by atoms with van der Waals surface area (Å²) in [7, 11) is -3.83. The van der Waals surface area contributed by atoms with Crippen LogP contribution in [0.25, 0.3) is 0 Å². The molecule has 4 aromatic carbocycles. The zero-order valence-corrected chi connectivity index (χ0v) is 22.5. The van der Waals surface area contributed by atoms with Gasteiger partial charge in [-0.25, -0.2) is 8.42 Å². The molecule has 0 fully saturated rings. The molecule has 0 aromatic heterocycles. The molecule has 40 heavy (non-hydrogen) atoms. The number of nitrogens with zero attached hydrogens (tertiary/aromatic N) is 1. The van der Waals surface area contributed by atoms with E-state index in [1.807, 2.05) is 36.4 Å². The van der Waals surface area contributed by atoms with Gasteiger partial charge in [-0.2, -0.15) is 0 Å². The molecular formula is C31H29N3O5S. The highest BCUT2D eigenvalue weighted by atomic mass is 32.2. The van der Waals surface area contributed by atoms with Crippen molar-refractivity contribution in [2.24, 2.45) is 0 Å². The fourth-order valence-corrected chi connectivity index (χ4v) is 6.11. The van der Waals surface area contributed by atoms with E-state index in [1.165, 1.54) is 4.31 Å². The average molecular weight is 556 g/mol. The first kappa shape index (κ1) is 27.0. The van der Waals surface area contributed by atoms with Crippen LogP contribution in [0.2, 0.25) is 0 Å². The predicted octanol–water partition coefficient (Wildman–Crippen LogP) is 4.40. The van der Waals surface area contributed by atoms with Gasteiger partial charge in [-0.05, 0) is 41.8 Å². The van der Waals surface area contributed by atoms with E-state index in [0.717, 1.165) is 5.56 Å². The number of rotatable bonds is 9. The van der Waals surface area contributed by atoms with E-state index in [1.54, 1.807) is 72.8 Å². The summed E-state index contributed by atoms with van der Waals surface area (Å²) in [5.41, 5.74) is 2.73. The molecule has 8 nitrogen and oxygen atoms in total. The lowest BCUT2D eigenvalue weighted by Gasteiger charge is -2.34. The van der Waals surface area contributed by atoms with Crippen molar-refractivity contribution in [1.82, 2.24) is 5.32 Å². The second kappa shape index (κ2) is 12.0. The van der Waals surface area contributed by atoms with Crippen molar-refractivity contribution in [3.8, 4) is 5.75 Å². The Morgan fingerprint density at radius 3 is 2.17 bits per heavy atom. The van der Waals surface area contributed by atoms with E-state index in [4.69, 9.17) is 4.74 Å². The maximum absolute atomic E-state index is 13.5. The predicted molar refractivity (Wildman–Crippen MR) is 155 cm³/mol. The fourth-order valence-electron chi connectivity index (χ4n) is 4.53. The van der Waals surface area contributed by atoms with Crippen LogP contribution in [0.3, 0.4) is 0 Å². The van der Waals surface area contributed by atoms with Crippen molar-refractivity contribution in [2.75, 3.05) is 22.7 Å². The highest BCUT2D eigenvalue weighted by Gasteiger charge is 2.37. The van der Waals surface area contributed by atoms with Crippen molar-refractivity contribution < 1.29 is 22.7 Å². The Labute approximate surface area is 233 Å². The second-order valence-electron chi connectivity index (χ2n) is 9.37. The van der Waals surface area contributed by atoms with Gasteiger partial charge in [-0.3, -0.25) is 13.9 Å². The molecule has 2 N–H and O–H groups in total. The number of hydrogen-bond acceptors (Lipinski definition) is 5. The molecule has 0 saturated heterocycles. The molecule has 1 aliphatic heterocycles. The number of hydrogen-bond donors (Lipinski definition) is 2. The molecule has 2 amide bonds. The highest BCUT2D eigenvalue weighted by molar-refractivity contribution is 7.92. The summed E-state index contributed by atoms with van der Waals surface area (Å²) in [4.78, 5) is 26.3. The number of amides is 2. The van der Waals surface area contributed by atoms with Crippen LogP contribution in [0.4, 0.5) is 11.4 Å². The Morgan fingerprint density at radius 2 is 1.43 bits per heavy atom. The standard InChI is InChI=1S/C31H29N3O5S/c35-30(32-20-19-23-11-3-1-4-12-23)25-15-7-8-16-26(25)33-31(36)29-21-34(27-17-9-10-18-28(27)39-29)40(37,38)22-24-13-5-2-6-14-24/h1-18,29H,19-22H2,(H,32,35)(H,33,36)/t29-/m1/s1. The van der Waals surface area contributed by atoms with Gasteiger partial charge in [0.2, 0.25) is 10.0 Å². The third kappa shape index (κ3) is 6.32. The number of fused-ring (bicyclic) bond motifs is 1. The first-order valence-corrected chi connectivity index (χ1v) is 14.5. The van der Waals surface area contributed by atoms with Gasteiger partial charge in [-0.15, -0.1) is 0 Å². The molecule has 0 spiro atoms. The Kier molecular flexibility index (Phi) is 8.12. The van der Waals surface area contributed by atoms with Gasteiger partial charge in [0, 0.05) is 6.54 Å². The summed E-state index contributed by atoms with van der Waals surface area (Å²) < 4.78 is 34.1. The number of carbonyl (C=O) groups excluding carboxylic acids is 2. The lowest BCUT2D eigenvalue weighted by molar-refractivity contribution is -0.122. The topological polar surface area (TPSA) is 105 Å². The van der Waals surface area contributed by atoms with Gasteiger partial charge in [0.15, 0.2) is 6.10 Å². The van der Waals surface area contributed by atoms with E-state index in [9.17, 15) is 18.0 Å². The van der Waals surface area contributed by atoms with Crippen LogP contribution in [-0.4, -0.2) is 39.4 Å². The van der Waals surface area contributed by atoms with E-state index >= 15 is 0 Å². The summed E-state index contributed by atoms with van der Waals surface area (Å²) in [6.07, 6.45) is -0.460. The molecule has 1 heterocycles. The minimum atomic E-state index is -3.83. The number of sulfonamides is 1. The molecule has 5 rings (SSSR count). The van der Waals surface area contributed by atoms with Crippen LogP contribution in [0.15, 0.2) is 109 Å². The zero-order valence-electron chi connectivity index (χ0n) is 21.7.